The zero-order chi connectivity index (χ0) is 23.0. The molecule has 33 heavy (non-hydrogen) atoms. The minimum atomic E-state index is -0.154. The number of anilines is 1. The van der Waals surface area contributed by atoms with Crippen LogP contribution in [0.5, 0.6) is 5.75 Å². The van der Waals surface area contributed by atoms with E-state index in [1.165, 1.54) is 19.3 Å². The summed E-state index contributed by atoms with van der Waals surface area (Å²) in [6.07, 6.45) is 6.57. The SMILES string of the molecule is CCCSc1nc(N2CCCCC2)c2cnn(CCNC(=O)c3ccccc3OCC)c2n1. The smallest absolute Gasteiger partial charge is 0.255 e. The lowest BCUT2D eigenvalue weighted by atomic mass is 10.1. The molecule has 3 aromatic rings. The van der Waals surface area contributed by atoms with Gasteiger partial charge in [-0.15, -0.1) is 0 Å². The number of carbonyl (C=O) groups excluding carboxylic acids is 1. The zero-order valence-electron chi connectivity index (χ0n) is 19.4. The monoisotopic (exact) mass is 468 g/mol. The first-order valence-electron chi connectivity index (χ1n) is 11.8. The molecule has 0 radical (unpaired) electrons. The number of carbonyl (C=O) groups is 1. The molecule has 176 valence electrons. The first-order valence-corrected chi connectivity index (χ1v) is 12.8. The average molecular weight is 469 g/mol. The van der Waals surface area contributed by atoms with E-state index in [1.54, 1.807) is 17.8 Å². The van der Waals surface area contributed by atoms with Crippen LogP contribution >= 0.6 is 11.8 Å². The fourth-order valence-corrected chi connectivity index (χ4v) is 4.68. The molecular formula is C24H32N6O2S. The molecule has 1 amide bonds. The molecule has 0 atom stereocenters. The van der Waals surface area contributed by atoms with Crippen LogP contribution in [0.3, 0.4) is 0 Å². The summed E-state index contributed by atoms with van der Waals surface area (Å²) in [7, 11) is 0. The molecule has 1 aliphatic rings. The first kappa shape index (κ1) is 23.4. The van der Waals surface area contributed by atoms with Crippen molar-refractivity contribution in [3.8, 4) is 5.75 Å². The third-order valence-electron chi connectivity index (χ3n) is 5.59. The van der Waals surface area contributed by atoms with Crippen molar-refractivity contribution in [2.24, 2.45) is 0 Å². The Balaban J connectivity index is 1.51. The number of para-hydroxylation sites is 1. The Morgan fingerprint density at radius 3 is 2.76 bits per heavy atom. The van der Waals surface area contributed by atoms with Gasteiger partial charge in [-0.25, -0.2) is 14.6 Å². The molecule has 1 aromatic carbocycles. The number of benzene rings is 1. The fraction of sp³-hybridized carbons (Fsp3) is 0.500. The Labute approximate surface area is 199 Å². The summed E-state index contributed by atoms with van der Waals surface area (Å²) >= 11 is 1.68. The minimum Gasteiger partial charge on any atom is -0.493 e. The standard InChI is InChI=1S/C24H32N6O2S/c1-3-16-33-24-27-21(29-13-8-5-9-14-29)19-17-26-30(22(19)28-24)15-12-25-23(31)18-10-6-7-11-20(18)32-4-2/h6-7,10-11,17H,3-5,8-9,12-16H2,1-2H3,(H,25,31). The Morgan fingerprint density at radius 2 is 1.97 bits per heavy atom. The number of thioether (sulfide) groups is 1. The number of amides is 1. The number of rotatable bonds is 10. The minimum absolute atomic E-state index is 0.154. The number of nitrogens with zero attached hydrogens (tertiary/aromatic N) is 5. The van der Waals surface area contributed by atoms with E-state index in [0.717, 1.165) is 47.3 Å². The quantitative estimate of drug-likeness (QED) is 0.353. The number of piperidine rings is 1. The van der Waals surface area contributed by atoms with Crippen LogP contribution in [0, 0.1) is 0 Å². The van der Waals surface area contributed by atoms with Gasteiger partial charge in [0.1, 0.15) is 11.6 Å². The van der Waals surface area contributed by atoms with Crippen molar-refractivity contribution >= 4 is 34.5 Å². The highest BCUT2D eigenvalue weighted by molar-refractivity contribution is 7.99. The number of nitrogens with one attached hydrogen (secondary N) is 1. The zero-order valence-corrected chi connectivity index (χ0v) is 20.2. The van der Waals surface area contributed by atoms with Crippen LogP contribution in [0.4, 0.5) is 5.82 Å². The van der Waals surface area contributed by atoms with Crippen molar-refractivity contribution in [1.29, 1.82) is 0 Å². The van der Waals surface area contributed by atoms with Crippen molar-refractivity contribution in [1.82, 2.24) is 25.1 Å². The summed E-state index contributed by atoms with van der Waals surface area (Å²) < 4.78 is 7.45. The van der Waals surface area contributed by atoms with E-state index in [2.05, 4.69) is 22.2 Å². The average Bonchev–Trinajstić information content (AvgIpc) is 3.26. The highest BCUT2D eigenvalue weighted by Crippen LogP contribution is 2.29. The van der Waals surface area contributed by atoms with Crippen LogP contribution in [-0.2, 0) is 6.54 Å². The Kier molecular flexibility index (Phi) is 8.04. The molecule has 3 heterocycles. The second-order valence-corrected chi connectivity index (χ2v) is 9.08. The van der Waals surface area contributed by atoms with E-state index in [9.17, 15) is 4.79 Å². The third kappa shape index (κ3) is 5.58. The lowest BCUT2D eigenvalue weighted by molar-refractivity contribution is 0.0948. The van der Waals surface area contributed by atoms with E-state index in [4.69, 9.17) is 14.7 Å². The van der Waals surface area contributed by atoms with Gasteiger partial charge in [0.05, 0.1) is 30.3 Å². The number of hydrogen-bond acceptors (Lipinski definition) is 7. The van der Waals surface area contributed by atoms with Gasteiger partial charge in [0, 0.05) is 25.4 Å². The molecule has 1 fully saturated rings. The van der Waals surface area contributed by atoms with Gasteiger partial charge in [-0.3, -0.25) is 4.79 Å². The van der Waals surface area contributed by atoms with Gasteiger partial charge in [0.15, 0.2) is 10.8 Å². The van der Waals surface area contributed by atoms with Crippen molar-refractivity contribution in [3.05, 3.63) is 36.0 Å². The van der Waals surface area contributed by atoms with Crippen LogP contribution in [0.15, 0.2) is 35.6 Å². The molecule has 0 bridgehead atoms. The highest BCUT2D eigenvalue weighted by Gasteiger charge is 2.20. The Morgan fingerprint density at radius 1 is 1.15 bits per heavy atom. The molecule has 1 aliphatic heterocycles. The lowest BCUT2D eigenvalue weighted by Crippen LogP contribution is -2.30. The molecule has 0 unspecified atom stereocenters. The predicted molar refractivity (Wildman–Crippen MR) is 132 cm³/mol. The van der Waals surface area contributed by atoms with Crippen molar-refractivity contribution in [3.63, 3.8) is 0 Å². The Hall–Kier alpha value is -2.81. The summed E-state index contributed by atoms with van der Waals surface area (Å²) in [5.41, 5.74) is 1.37. The molecular weight excluding hydrogens is 436 g/mol. The van der Waals surface area contributed by atoms with Gasteiger partial charge in [0.25, 0.3) is 5.91 Å². The van der Waals surface area contributed by atoms with Gasteiger partial charge in [-0.2, -0.15) is 5.10 Å². The van der Waals surface area contributed by atoms with Crippen LogP contribution in [0.2, 0.25) is 0 Å². The van der Waals surface area contributed by atoms with Crippen LogP contribution < -0.4 is 15.0 Å². The highest BCUT2D eigenvalue weighted by atomic mass is 32.2. The van der Waals surface area contributed by atoms with Crippen LogP contribution in [0.25, 0.3) is 11.0 Å². The number of aromatic nitrogens is 4. The van der Waals surface area contributed by atoms with Crippen LogP contribution in [0.1, 0.15) is 49.9 Å². The maximum absolute atomic E-state index is 12.7. The normalized spacial score (nSPS) is 13.9. The Bertz CT molecular complexity index is 1080. The van der Waals surface area contributed by atoms with E-state index in [-0.39, 0.29) is 5.91 Å². The van der Waals surface area contributed by atoms with Gasteiger partial charge in [0.2, 0.25) is 0 Å². The van der Waals surface area contributed by atoms with Gasteiger partial charge in [-0.1, -0.05) is 30.8 Å². The molecule has 0 saturated carbocycles. The molecule has 1 saturated heterocycles. The summed E-state index contributed by atoms with van der Waals surface area (Å²) in [6, 6.07) is 7.30. The van der Waals surface area contributed by atoms with Gasteiger partial charge >= 0.3 is 0 Å². The molecule has 8 nitrogen and oxygen atoms in total. The maximum Gasteiger partial charge on any atom is 0.255 e. The third-order valence-corrected chi connectivity index (χ3v) is 6.64. The van der Waals surface area contributed by atoms with Crippen LogP contribution in [-0.4, -0.2) is 57.6 Å². The van der Waals surface area contributed by atoms with Crippen molar-refractivity contribution in [2.75, 3.05) is 36.9 Å². The molecule has 9 heteroatoms. The topological polar surface area (TPSA) is 85.2 Å². The molecule has 2 aromatic heterocycles. The number of hydrogen-bond donors (Lipinski definition) is 1. The predicted octanol–water partition coefficient (Wildman–Crippen LogP) is 4.15. The van der Waals surface area contributed by atoms with E-state index in [1.807, 2.05) is 36.0 Å². The largest absolute Gasteiger partial charge is 0.493 e. The van der Waals surface area contributed by atoms with Gasteiger partial charge in [-0.05, 0) is 44.7 Å². The summed E-state index contributed by atoms with van der Waals surface area (Å²) in [5.74, 6) is 2.41. The fourth-order valence-electron chi connectivity index (χ4n) is 4.00. The number of fused-ring (bicyclic) bond motifs is 1. The molecule has 1 N–H and O–H groups in total. The lowest BCUT2D eigenvalue weighted by Gasteiger charge is -2.28. The van der Waals surface area contributed by atoms with E-state index >= 15 is 0 Å². The maximum atomic E-state index is 12.7. The first-order chi connectivity index (χ1) is 16.2. The summed E-state index contributed by atoms with van der Waals surface area (Å²) in [4.78, 5) is 24.8. The second-order valence-electron chi connectivity index (χ2n) is 8.02. The molecule has 4 rings (SSSR count). The van der Waals surface area contributed by atoms with E-state index < -0.39 is 0 Å². The second kappa shape index (κ2) is 11.4. The summed E-state index contributed by atoms with van der Waals surface area (Å²) in [5, 5.41) is 9.35. The summed E-state index contributed by atoms with van der Waals surface area (Å²) in [6.45, 7) is 7.59. The molecule has 0 aliphatic carbocycles. The van der Waals surface area contributed by atoms with Gasteiger partial charge < -0.3 is 15.0 Å². The van der Waals surface area contributed by atoms with Crippen molar-refractivity contribution < 1.29 is 9.53 Å². The van der Waals surface area contributed by atoms with E-state index in [0.29, 0.717) is 31.0 Å². The van der Waals surface area contributed by atoms with Crippen molar-refractivity contribution in [2.45, 2.75) is 51.2 Å². The number of ether oxygens (including phenoxy) is 1. The molecule has 0 spiro atoms.